The summed E-state index contributed by atoms with van der Waals surface area (Å²) in [6.07, 6.45) is 8.98. The average molecular weight is 565 g/mol. The normalized spacial score (nSPS) is 15.5. The van der Waals surface area contributed by atoms with Crippen LogP contribution in [-0.2, 0) is 16.8 Å². The number of aromatic nitrogens is 1. The summed E-state index contributed by atoms with van der Waals surface area (Å²) >= 11 is 0. The van der Waals surface area contributed by atoms with Crippen LogP contribution in [0.2, 0.25) is 0 Å². The van der Waals surface area contributed by atoms with Gasteiger partial charge in [-0.15, -0.1) is 0 Å². The lowest BCUT2D eigenvalue weighted by molar-refractivity contribution is -0.121. The molecule has 1 amide bonds. The summed E-state index contributed by atoms with van der Waals surface area (Å²) in [6, 6.07) is 5.18. The lowest BCUT2D eigenvalue weighted by Gasteiger charge is -2.35. The molecule has 2 aromatic rings. The molecule has 0 bridgehead atoms. The van der Waals surface area contributed by atoms with Crippen molar-refractivity contribution in [2.45, 2.75) is 64.3 Å². The van der Waals surface area contributed by atoms with Crippen molar-refractivity contribution in [2.75, 3.05) is 32.7 Å². The number of amides is 1. The van der Waals surface area contributed by atoms with E-state index in [0.29, 0.717) is 41.2 Å². The summed E-state index contributed by atoms with van der Waals surface area (Å²) < 4.78 is 40.8. The van der Waals surface area contributed by atoms with E-state index in [4.69, 9.17) is 9.47 Å². The molecule has 0 radical (unpaired) electrons. The molecule has 41 heavy (non-hydrogen) atoms. The predicted octanol–water partition coefficient (Wildman–Crippen LogP) is 6.52. The highest BCUT2D eigenvalue weighted by atomic mass is 19.1. The molecule has 2 heterocycles. The van der Waals surface area contributed by atoms with Crippen molar-refractivity contribution >= 4 is 17.2 Å². The lowest BCUT2D eigenvalue weighted by atomic mass is 9.85. The highest BCUT2D eigenvalue weighted by molar-refractivity contribution is 6.05. The van der Waals surface area contributed by atoms with Gasteiger partial charge < -0.3 is 19.3 Å². The third-order valence-corrected chi connectivity index (χ3v) is 8.10. The van der Waals surface area contributed by atoms with Crippen LogP contribution < -0.4 is 14.4 Å². The van der Waals surface area contributed by atoms with E-state index in [-0.39, 0.29) is 18.0 Å². The van der Waals surface area contributed by atoms with Crippen LogP contribution >= 0.6 is 0 Å². The molecular weight excluding hydrogens is 526 g/mol. The molecule has 1 aromatic heterocycles. The Bertz CT molecular complexity index is 1380. The number of benzene rings is 1. The monoisotopic (exact) mass is 564 g/mol. The zero-order chi connectivity index (χ0) is 29.9. The quantitative estimate of drug-likeness (QED) is 0.216. The Balaban J connectivity index is 1.66. The molecule has 218 valence electrons. The van der Waals surface area contributed by atoms with Crippen molar-refractivity contribution in [3.8, 4) is 17.6 Å². The molecule has 1 spiro atoms. The van der Waals surface area contributed by atoms with Gasteiger partial charge in [0, 0.05) is 37.6 Å². The Kier molecular flexibility index (Phi) is 9.01. The van der Waals surface area contributed by atoms with Crippen molar-refractivity contribution in [3.63, 3.8) is 0 Å². The van der Waals surface area contributed by atoms with Crippen molar-refractivity contribution < 1.29 is 23.0 Å². The van der Waals surface area contributed by atoms with E-state index in [1.165, 1.54) is 14.2 Å². The van der Waals surface area contributed by atoms with E-state index in [1.807, 2.05) is 18.1 Å². The van der Waals surface area contributed by atoms with E-state index in [9.17, 15) is 10.1 Å². The van der Waals surface area contributed by atoms with Gasteiger partial charge in [0.2, 0.25) is 5.91 Å². The van der Waals surface area contributed by atoms with Crippen LogP contribution in [0.25, 0.3) is 5.57 Å². The Morgan fingerprint density at radius 3 is 2.32 bits per heavy atom. The van der Waals surface area contributed by atoms with E-state index < -0.39 is 28.6 Å². The largest absolute Gasteiger partial charge is 0.493 e. The zero-order valence-corrected chi connectivity index (χ0v) is 24.5. The van der Waals surface area contributed by atoms with Crippen molar-refractivity contribution in [1.82, 2.24) is 9.88 Å². The number of pyridine rings is 1. The molecular formula is C32H38F2N4O3. The maximum absolute atomic E-state index is 15.3. The summed E-state index contributed by atoms with van der Waals surface area (Å²) in [6.45, 7) is 9.29. The molecule has 1 aromatic carbocycles. The van der Waals surface area contributed by atoms with E-state index in [1.54, 1.807) is 12.3 Å². The Hall–Kier alpha value is -3.93. The topological polar surface area (TPSA) is 78.7 Å². The highest BCUT2D eigenvalue weighted by Gasteiger charge is 2.57. The van der Waals surface area contributed by atoms with Gasteiger partial charge in [0.15, 0.2) is 23.1 Å². The molecule has 2 aliphatic rings. The number of rotatable bonds is 12. The molecule has 0 N–H and O–H groups in total. The maximum Gasteiger partial charge on any atom is 0.238 e. The number of carbonyl (C=O) groups excluding carboxylic acids is 1. The number of carbonyl (C=O) groups is 1. The number of hydrogen-bond donors (Lipinski definition) is 0. The molecule has 4 rings (SSSR count). The fourth-order valence-electron chi connectivity index (χ4n) is 5.87. The van der Waals surface area contributed by atoms with Gasteiger partial charge in [-0.05, 0) is 48.8 Å². The number of allylic oxidation sites excluding steroid dienone is 2. The van der Waals surface area contributed by atoms with E-state index >= 15 is 8.78 Å². The van der Waals surface area contributed by atoms with Gasteiger partial charge >= 0.3 is 0 Å². The molecule has 0 saturated heterocycles. The molecule has 1 fully saturated rings. The van der Waals surface area contributed by atoms with E-state index in [0.717, 1.165) is 48.8 Å². The standard InChI is InChI=1S/C32H38F2N4O3/c1-7-9-21(10-8-2)17-37(4)18-22(15-35)20(3)25-13-24-23(16-36-25)19-38(31(39)32(24)11-12-32)30-28(33)26(40-5)14-27(41-6)29(30)34/h13-14,16,18,21H,3,7-12,17,19H2,1-2,4-6H3/b22-18-. The van der Waals surface area contributed by atoms with Crippen molar-refractivity contribution in [1.29, 1.82) is 5.26 Å². The van der Waals surface area contributed by atoms with Gasteiger partial charge in [-0.2, -0.15) is 5.26 Å². The summed E-state index contributed by atoms with van der Waals surface area (Å²) in [5, 5.41) is 9.96. The van der Waals surface area contributed by atoms with Crippen LogP contribution in [0.4, 0.5) is 14.5 Å². The van der Waals surface area contributed by atoms with Gasteiger partial charge in [0.25, 0.3) is 0 Å². The number of halogens is 2. The highest BCUT2D eigenvalue weighted by Crippen LogP contribution is 2.55. The number of methoxy groups -OCH3 is 2. The SMILES string of the molecule is C=C(/C(C#N)=C\N(C)CC(CCC)CCC)c1cc2c(cn1)CN(c1c(F)c(OC)cc(OC)c1F)C(=O)C21CC1. The smallest absolute Gasteiger partial charge is 0.238 e. The summed E-state index contributed by atoms with van der Waals surface area (Å²) in [7, 11) is 4.50. The number of fused-ring (bicyclic) bond motifs is 2. The second kappa shape index (κ2) is 12.3. The summed E-state index contributed by atoms with van der Waals surface area (Å²) in [4.78, 5) is 21.5. The Labute approximate surface area is 241 Å². The minimum Gasteiger partial charge on any atom is -0.493 e. The minimum atomic E-state index is -0.968. The van der Waals surface area contributed by atoms with E-state index in [2.05, 4.69) is 31.5 Å². The van der Waals surface area contributed by atoms with Gasteiger partial charge in [-0.25, -0.2) is 8.78 Å². The first-order valence-electron chi connectivity index (χ1n) is 14.1. The Morgan fingerprint density at radius 1 is 1.20 bits per heavy atom. The first-order valence-corrected chi connectivity index (χ1v) is 14.1. The number of nitriles is 1. The molecule has 1 saturated carbocycles. The maximum atomic E-state index is 15.3. The Morgan fingerprint density at radius 2 is 1.80 bits per heavy atom. The second-order valence-electron chi connectivity index (χ2n) is 11.0. The molecule has 9 heteroatoms. The number of ether oxygens (including phenoxy) is 2. The molecule has 7 nitrogen and oxygen atoms in total. The van der Waals surface area contributed by atoms with Crippen LogP contribution in [0.3, 0.4) is 0 Å². The van der Waals surface area contributed by atoms with Gasteiger partial charge in [0.1, 0.15) is 11.8 Å². The van der Waals surface area contributed by atoms with Crippen LogP contribution in [0.1, 0.15) is 69.2 Å². The van der Waals surface area contributed by atoms with Crippen LogP contribution in [0.5, 0.6) is 11.5 Å². The van der Waals surface area contributed by atoms with Crippen molar-refractivity contribution in [2.24, 2.45) is 5.92 Å². The van der Waals surface area contributed by atoms with Crippen LogP contribution in [-0.4, -0.2) is 43.6 Å². The summed E-state index contributed by atoms with van der Waals surface area (Å²) in [5.74, 6) is -2.22. The predicted molar refractivity (Wildman–Crippen MR) is 154 cm³/mol. The number of nitrogens with zero attached hydrogens (tertiary/aromatic N) is 4. The molecule has 0 unspecified atom stereocenters. The first-order chi connectivity index (χ1) is 19.6. The second-order valence-corrected chi connectivity index (χ2v) is 11.0. The van der Waals surface area contributed by atoms with Gasteiger partial charge in [-0.3, -0.25) is 9.78 Å². The molecule has 1 aliphatic carbocycles. The average Bonchev–Trinajstić information content (AvgIpc) is 3.76. The fraction of sp³-hybridized carbons (Fsp3) is 0.469. The summed E-state index contributed by atoms with van der Waals surface area (Å²) in [5.41, 5.74) is 1.38. The van der Waals surface area contributed by atoms with Crippen LogP contribution in [0, 0.1) is 28.9 Å². The third-order valence-electron chi connectivity index (χ3n) is 8.10. The zero-order valence-electron chi connectivity index (χ0n) is 24.5. The molecule has 1 aliphatic heterocycles. The fourth-order valence-corrected chi connectivity index (χ4v) is 5.87. The third kappa shape index (κ3) is 5.65. The van der Waals surface area contributed by atoms with Gasteiger partial charge in [-0.1, -0.05) is 33.3 Å². The molecule has 0 atom stereocenters. The lowest BCUT2D eigenvalue weighted by Crippen LogP contribution is -2.45. The minimum absolute atomic E-state index is 0.0697. The van der Waals surface area contributed by atoms with Gasteiger partial charge in [0.05, 0.1) is 37.4 Å². The number of anilines is 1. The first kappa shape index (κ1) is 30.0. The number of hydrogen-bond acceptors (Lipinski definition) is 6. The van der Waals surface area contributed by atoms with Crippen LogP contribution in [0.15, 0.2) is 36.7 Å². The van der Waals surface area contributed by atoms with Crippen molar-refractivity contribution in [3.05, 3.63) is 65.1 Å².